The summed E-state index contributed by atoms with van der Waals surface area (Å²) in [4.78, 5) is 33.6. The Kier molecular flexibility index (Phi) is 6.83. The van der Waals surface area contributed by atoms with Gasteiger partial charge < -0.3 is 13.9 Å². The number of carbonyl (C=O) groups excluding carboxylic acids is 2. The first kappa shape index (κ1) is 24.0. The van der Waals surface area contributed by atoms with Crippen molar-refractivity contribution >= 4 is 46.3 Å². The van der Waals surface area contributed by atoms with Gasteiger partial charge in [-0.1, -0.05) is 11.6 Å². The molecule has 35 heavy (non-hydrogen) atoms. The molecule has 0 fully saturated rings. The highest BCUT2D eigenvalue weighted by molar-refractivity contribution is 6.30. The van der Waals surface area contributed by atoms with Crippen molar-refractivity contribution in [3.63, 3.8) is 0 Å². The third-order valence-corrected chi connectivity index (χ3v) is 5.07. The molecule has 0 radical (unpaired) electrons. The number of ether oxygens (including phenoxy) is 2. The Morgan fingerprint density at radius 3 is 2.51 bits per heavy atom. The van der Waals surface area contributed by atoms with Crippen molar-refractivity contribution in [3.05, 3.63) is 64.8 Å². The molecule has 180 valence electrons. The van der Waals surface area contributed by atoms with Gasteiger partial charge in [-0.2, -0.15) is 0 Å². The maximum Gasteiger partial charge on any atom is 0.417 e. The SMILES string of the molecule is CCOC(=O)Nc1oc2c(-c3cc(C)nc(C)c3)nccc2c1NC(=O)Oc1ccc(F)c(Cl)c1. The summed E-state index contributed by atoms with van der Waals surface area (Å²) in [6.07, 6.45) is -0.155. The minimum atomic E-state index is -0.920. The van der Waals surface area contributed by atoms with Crippen molar-refractivity contribution in [2.45, 2.75) is 20.8 Å². The molecule has 2 amide bonds. The van der Waals surface area contributed by atoms with E-state index in [0.29, 0.717) is 16.7 Å². The first-order valence-corrected chi connectivity index (χ1v) is 10.9. The van der Waals surface area contributed by atoms with Crippen molar-refractivity contribution in [1.82, 2.24) is 9.97 Å². The van der Waals surface area contributed by atoms with Crippen LogP contribution in [-0.4, -0.2) is 28.8 Å². The average molecular weight is 499 g/mol. The number of pyridine rings is 2. The summed E-state index contributed by atoms with van der Waals surface area (Å²) in [6, 6.07) is 8.79. The molecule has 1 aromatic carbocycles. The summed E-state index contributed by atoms with van der Waals surface area (Å²) < 4.78 is 29.5. The number of aryl methyl sites for hydroxylation is 2. The number of amides is 2. The molecule has 11 heteroatoms. The maximum absolute atomic E-state index is 13.4. The van der Waals surface area contributed by atoms with E-state index in [1.165, 1.54) is 6.07 Å². The molecule has 3 heterocycles. The van der Waals surface area contributed by atoms with E-state index < -0.39 is 18.0 Å². The highest BCUT2D eigenvalue weighted by atomic mass is 35.5. The van der Waals surface area contributed by atoms with Gasteiger partial charge in [-0.15, -0.1) is 0 Å². The van der Waals surface area contributed by atoms with E-state index >= 15 is 0 Å². The van der Waals surface area contributed by atoms with Crippen LogP contribution < -0.4 is 15.4 Å². The predicted octanol–water partition coefficient (Wildman–Crippen LogP) is 6.48. The zero-order valence-electron chi connectivity index (χ0n) is 18.9. The smallest absolute Gasteiger partial charge is 0.417 e. The number of nitrogens with one attached hydrogen (secondary N) is 2. The molecule has 9 nitrogen and oxygen atoms in total. The van der Waals surface area contributed by atoms with E-state index in [-0.39, 0.29) is 29.0 Å². The molecule has 0 aliphatic heterocycles. The van der Waals surface area contributed by atoms with Gasteiger partial charge in [0.2, 0.25) is 5.88 Å². The molecule has 2 N–H and O–H groups in total. The second-order valence-corrected chi connectivity index (χ2v) is 7.82. The molecule has 3 aromatic heterocycles. The van der Waals surface area contributed by atoms with E-state index in [9.17, 15) is 14.0 Å². The van der Waals surface area contributed by atoms with E-state index in [1.807, 2.05) is 26.0 Å². The van der Waals surface area contributed by atoms with Gasteiger partial charge in [0.1, 0.15) is 22.9 Å². The predicted molar refractivity (Wildman–Crippen MR) is 128 cm³/mol. The van der Waals surface area contributed by atoms with Crippen LogP contribution in [0.2, 0.25) is 5.02 Å². The number of benzene rings is 1. The van der Waals surface area contributed by atoms with Crippen LogP contribution in [0.25, 0.3) is 22.2 Å². The van der Waals surface area contributed by atoms with Crippen LogP contribution in [-0.2, 0) is 4.74 Å². The molecule has 0 unspecified atom stereocenters. The molecule has 0 saturated carbocycles. The maximum atomic E-state index is 13.4. The zero-order valence-corrected chi connectivity index (χ0v) is 19.7. The number of fused-ring (bicyclic) bond motifs is 1. The van der Waals surface area contributed by atoms with Gasteiger partial charge in [0.25, 0.3) is 0 Å². The third-order valence-electron chi connectivity index (χ3n) is 4.78. The molecular formula is C24H20ClFN4O5. The first-order chi connectivity index (χ1) is 16.7. The minimum absolute atomic E-state index is 0.0201. The third kappa shape index (κ3) is 5.33. The lowest BCUT2D eigenvalue weighted by Gasteiger charge is -2.08. The van der Waals surface area contributed by atoms with Gasteiger partial charge in [-0.05, 0) is 51.1 Å². The normalized spacial score (nSPS) is 10.8. The van der Waals surface area contributed by atoms with Crippen LogP contribution in [0.15, 0.2) is 47.0 Å². The number of hydrogen-bond acceptors (Lipinski definition) is 7. The number of aromatic nitrogens is 2. The minimum Gasteiger partial charge on any atom is -0.450 e. The van der Waals surface area contributed by atoms with Gasteiger partial charge in [0.15, 0.2) is 5.58 Å². The number of halogens is 2. The number of carbonyl (C=O) groups is 2. The summed E-state index contributed by atoms with van der Waals surface area (Å²) in [5.41, 5.74) is 3.23. The molecule has 0 aliphatic rings. The van der Waals surface area contributed by atoms with Crippen molar-refractivity contribution < 1.29 is 27.9 Å². The van der Waals surface area contributed by atoms with E-state index in [4.69, 9.17) is 25.5 Å². The lowest BCUT2D eigenvalue weighted by Crippen LogP contribution is -2.19. The fourth-order valence-corrected chi connectivity index (χ4v) is 3.62. The number of hydrogen-bond donors (Lipinski definition) is 2. The summed E-state index contributed by atoms with van der Waals surface area (Å²) in [6.45, 7) is 5.50. The summed E-state index contributed by atoms with van der Waals surface area (Å²) in [7, 11) is 0. The van der Waals surface area contributed by atoms with Crippen LogP contribution in [0.3, 0.4) is 0 Å². The molecule has 0 bridgehead atoms. The van der Waals surface area contributed by atoms with Crippen LogP contribution >= 0.6 is 11.6 Å². The van der Waals surface area contributed by atoms with Gasteiger partial charge in [0, 0.05) is 29.2 Å². The van der Waals surface area contributed by atoms with Crippen LogP contribution in [0.1, 0.15) is 18.3 Å². The fraction of sp³-hybridized carbons (Fsp3) is 0.167. The molecule has 4 aromatic rings. The highest BCUT2D eigenvalue weighted by Crippen LogP contribution is 2.39. The monoisotopic (exact) mass is 498 g/mol. The molecule has 4 rings (SSSR count). The van der Waals surface area contributed by atoms with Crippen LogP contribution in [0.4, 0.5) is 25.6 Å². The highest BCUT2D eigenvalue weighted by Gasteiger charge is 2.23. The Labute approximate surface area is 204 Å². The Bertz CT molecular complexity index is 1420. The average Bonchev–Trinajstić information content (AvgIpc) is 3.12. The van der Waals surface area contributed by atoms with E-state index in [0.717, 1.165) is 29.1 Å². The summed E-state index contributed by atoms with van der Waals surface area (Å²) in [5.74, 6) is -0.709. The topological polar surface area (TPSA) is 116 Å². The van der Waals surface area contributed by atoms with Crippen LogP contribution in [0, 0.1) is 19.7 Å². The molecule has 0 aliphatic carbocycles. The number of furan rings is 1. The van der Waals surface area contributed by atoms with Gasteiger partial charge in [-0.3, -0.25) is 20.6 Å². The van der Waals surface area contributed by atoms with E-state index in [1.54, 1.807) is 19.2 Å². The largest absolute Gasteiger partial charge is 0.450 e. The lowest BCUT2D eigenvalue weighted by molar-refractivity contribution is 0.167. The van der Waals surface area contributed by atoms with Gasteiger partial charge in [-0.25, -0.2) is 14.0 Å². The number of anilines is 2. The van der Waals surface area contributed by atoms with Gasteiger partial charge in [0.05, 0.1) is 17.0 Å². The number of rotatable bonds is 5. The quantitative estimate of drug-likeness (QED) is 0.323. The molecule has 0 spiro atoms. The fourth-order valence-electron chi connectivity index (χ4n) is 3.45. The molecular weight excluding hydrogens is 479 g/mol. The van der Waals surface area contributed by atoms with Crippen molar-refractivity contribution in [1.29, 1.82) is 0 Å². The van der Waals surface area contributed by atoms with Crippen LogP contribution in [0.5, 0.6) is 5.75 Å². The zero-order chi connectivity index (χ0) is 25.1. The standard InChI is InChI=1S/C24H20ClFN4O5/c1-4-33-23(31)30-22-20(29-24(32)34-15-5-6-18(26)17(25)11-15)16-7-8-27-19(21(16)35-22)14-9-12(2)28-13(3)10-14/h5-11H,4H2,1-3H3,(H,29,32)(H,30,31). The van der Waals surface area contributed by atoms with Crippen molar-refractivity contribution in [2.75, 3.05) is 17.2 Å². The molecule has 0 saturated heterocycles. The second-order valence-electron chi connectivity index (χ2n) is 7.42. The van der Waals surface area contributed by atoms with Crippen molar-refractivity contribution in [2.24, 2.45) is 0 Å². The summed E-state index contributed by atoms with van der Waals surface area (Å²) >= 11 is 5.75. The Morgan fingerprint density at radius 1 is 1.09 bits per heavy atom. The molecule has 0 atom stereocenters. The van der Waals surface area contributed by atoms with E-state index in [2.05, 4.69) is 20.6 Å². The summed E-state index contributed by atoms with van der Waals surface area (Å²) in [5, 5.41) is 5.29. The number of nitrogens with zero attached hydrogens (tertiary/aromatic N) is 2. The lowest BCUT2D eigenvalue weighted by atomic mass is 10.1. The Balaban J connectivity index is 1.75. The second kappa shape index (κ2) is 9.98. The first-order valence-electron chi connectivity index (χ1n) is 10.5. The van der Waals surface area contributed by atoms with Gasteiger partial charge >= 0.3 is 12.2 Å². The Hall–Kier alpha value is -4.18. The van der Waals surface area contributed by atoms with Crippen molar-refractivity contribution in [3.8, 4) is 17.0 Å². The Morgan fingerprint density at radius 2 is 1.83 bits per heavy atom.